The van der Waals surface area contributed by atoms with Crippen molar-refractivity contribution >= 4 is 49.8 Å². The van der Waals surface area contributed by atoms with Crippen molar-refractivity contribution in [3.63, 3.8) is 0 Å². The molecule has 0 aliphatic heterocycles. The fourth-order valence-electron chi connectivity index (χ4n) is 5.90. The van der Waals surface area contributed by atoms with Crippen LogP contribution in [0.4, 0.5) is 17.1 Å². The van der Waals surface area contributed by atoms with E-state index in [1.54, 1.807) is 0 Å². The van der Waals surface area contributed by atoms with Gasteiger partial charge >= 0.3 is 0 Å². The third-order valence-corrected chi connectivity index (χ3v) is 7.92. The molecule has 0 saturated carbocycles. The molecule has 0 fully saturated rings. The lowest BCUT2D eigenvalue weighted by atomic mass is 10.0. The molecule has 8 aromatic rings. The van der Waals surface area contributed by atoms with Gasteiger partial charge in [0.15, 0.2) is 5.58 Å². The van der Waals surface area contributed by atoms with E-state index in [0.717, 1.165) is 50.3 Å². The van der Waals surface area contributed by atoms with Gasteiger partial charge in [0.05, 0.1) is 0 Å². The summed E-state index contributed by atoms with van der Waals surface area (Å²) in [5.41, 5.74) is 9.22. The number of nitrogens with zero attached hydrogens (tertiary/aromatic N) is 2. The zero-order chi connectivity index (χ0) is 27.9. The SMILES string of the molecule is c1ccc(-c2ccc(N(c3ccccc3)c3ccc(-c4nccc5c4oc4ccc6ccccc6c45)cc3)cc2)cc1. The molecule has 0 aliphatic rings. The molecule has 6 aromatic carbocycles. The molecule has 0 radical (unpaired) electrons. The van der Waals surface area contributed by atoms with Crippen molar-refractivity contribution in [3.05, 3.63) is 158 Å². The Morgan fingerprint density at radius 3 is 1.79 bits per heavy atom. The fourth-order valence-corrected chi connectivity index (χ4v) is 5.90. The van der Waals surface area contributed by atoms with Crippen LogP contribution in [0.2, 0.25) is 0 Å². The Hall–Kier alpha value is -5.67. The van der Waals surface area contributed by atoms with Gasteiger partial charge in [-0.25, -0.2) is 0 Å². The number of rotatable bonds is 5. The molecule has 42 heavy (non-hydrogen) atoms. The third kappa shape index (κ3) is 4.11. The summed E-state index contributed by atoms with van der Waals surface area (Å²) in [6, 6.07) is 53.0. The molecule has 3 heteroatoms. The van der Waals surface area contributed by atoms with Crippen LogP contribution < -0.4 is 4.90 Å². The van der Waals surface area contributed by atoms with Crippen molar-refractivity contribution in [2.45, 2.75) is 0 Å². The number of pyridine rings is 1. The van der Waals surface area contributed by atoms with E-state index in [1.165, 1.54) is 21.9 Å². The summed E-state index contributed by atoms with van der Waals surface area (Å²) in [5, 5.41) is 4.61. The van der Waals surface area contributed by atoms with Crippen molar-refractivity contribution in [3.8, 4) is 22.4 Å². The van der Waals surface area contributed by atoms with Gasteiger partial charge in [0.2, 0.25) is 0 Å². The van der Waals surface area contributed by atoms with E-state index in [0.29, 0.717) is 0 Å². The van der Waals surface area contributed by atoms with Crippen molar-refractivity contribution in [1.29, 1.82) is 0 Å². The van der Waals surface area contributed by atoms with Gasteiger partial charge in [-0.3, -0.25) is 4.98 Å². The molecule has 0 bridgehead atoms. The van der Waals surface area contributed by atoms with Crippen LogP contribution in [0, 0.1) is 0 Å². The van der Waals surface area contributed by atoms with Crippen LogP contribution in [0.5, 0.6) is 0 Å². The smallest absolute Gasteiger partial charge is 0.161 e. The Kier molecular flexibility index (Phi) is 5.79. The lowest BCUT2D eigenvalue weighted by molar-refractivity contribution is 0.668. The Morgan fingerprint density at radius 1 is 0.452 bits per heavy atom. The second kappa shape index (κ2) is 10.1. The van der Waals surface area contributed by atoms with E-state index in [1.807, 2.05) is 18.3 Å². The highest BCUT2D eigenvalue weighted by Gasteiger charge is 2.17. The van der Waals surface area contributed by atoms with Crippen LogP contribution in [-0.2, 0) is 0 Å². The van der Waals surface area contributed by atoms with Gasteiger partial charge < -0.3 is 9.32 Å². The molecule has 3 nitrogen and oxygen atoms in total. The number of anilines is 3. The van der Waals surface area contributed by atoms with Gasteiger partial charge in [-0.1, -0.05) is 103 Å². The number of hydrogen-bond donors (Lipinski definition) is 0. The summed E-state index contributed by atoms with van der Waals surface area (Å²) in [4.78, 5) is 7.05. The van der Waals surface area contributed by atoms with E-state index < -0.39 is 0 Å². The molecule has 0 unspecified atom stereocenters. The normalized spacial score (nSPS) is 11.3. The van der Waals surface area contributed by atoms with E-state index >= 15 is 0 Å². The number of aromatic nitrogens is 1. The second-order valence-electron chi connectivity index (χ2n) is 10.4. The standard InChI is InChI=1S/C39H26N2O/c1-3-9-27(10-4-1)28-15-20-32(21-16-28)41(31-12-5-2-6-13-31)33-22-17-30(18-23-33)38-39-35(25-26-40-38)37-34-14-8-7-11-29(34)19-24-36(37)42-39/h1-26H. The molecule has 8 rings (SSSR count). The van der Waals surface area contributed by atoms with E-state index in [-0.39, 0.29) is 0 Å². The maximum absolute atomic E-state index is 6.44. The van der Waals surface area contributed by atoms with Gasteiger partial charge in [0.25, 0.3) is 0 Å². The van der Waals surface area contributed by atoms with Gasteiger partial charge in [0, 0.05) is 39.6 Å². The monoisotopic (exact) mass is 538 g/mol. The predicted molar refractivity (Wildman–Crippen MR) is 175 cm³/mol. The number of fused-ring (bicyclic) bond motifs is 5. The first-order chi connectivity index (χ1) is 20.8. The first-order valence-electron chi connectivity index (χ1n) is 14.1. The largest absolute Gasteiger partial charge is 0.454 e. The highest BCUT2D eigenvalue weighted by Crippen LogP contribution is 2.40. The summed E-state index contributed by atoms with van der Waals surface area (Å²) in [5.74, 6) is 0. The Balaban J connectivity index is 1.21. The first kappa shape index (κ1) is 24.2. The number of benzene rings is 6. The van der Waals surface area contributed by atoms with Crippen molar-refractivity contribution in [1.82, 2.24) is 4.98 Å². The van der Waals surface area contributed by atoms with Gasteiger partial charge in [-0.2, -0.15) is 0 Å². The highest BCUT2D eigenvalue weighted by atomic mass is 16.3. The molecular weight excluding hydrogens is 512 g/mol. The maximum atomic E-state index is 6.44. The van der Waals surface area contributed by atoms with Gasteiger partial charge in [-0.15, -0.1) is 0 Å². The Morgan fingerprint density at radius 2 is 1.05 bits per heavy atom. The summed E-state index contributed by atoms with van der Waals surface area (Å²) >= 11 is 0. The van der Waals surface area contributed by atoms with Gasteiger partial charge in [0.1, 0.15) is 11.3 Å². The van der Waals surface area contributed by atoms with Crippen LogP contribution in [0.25, 0.3) is 55.1 Å². The number of para-hydroxylation sites is 1. The zero-order valence-electron chi connectivity index (χ0n) is 22.8. The molecule has 0 atom stereocenters. The van der Waals surface area contributed by atoms with Crippen molar-refractivity contribution in [2.75, 3.05) is 4.90 Å². The molecule has 2 heterocycles. The first-order valence-corrected chi connectivity index (χ1v) is 14.1. The van der Waals surface area contributed by atoms with Crippen LogP contribution >= 0.6 is 0 Å². The average molecular weight is 539 g/mol. The highest BCUT2D eigenvalue weighted by molar-refractivity contribution is 6.20. The molecule has 0 N–H and O–H groups in total. The molecule has 0 amide bonds. The minimum Gasteiger partial charge on any atom is -0.454 e. The van der Waals surface area contributed by atoms with E-state index in [2.05, 4.69) is 144 Å². The van der Waals surface area contributed by atoms with E-state index in [9.17, 15) is 0 Å². The molecule has 0 aliphatic carbocycles. The summed E-state index contributed by atoms with van der Waals surface area (Å²) in [6.45, 7) is 0. The lowest BCUT2D eigenvalue weighted by Crippen LogP contribution is -2.09. The minimum atomic E-state index is 0.813. The van der Waals surface area contributed by atoms with Crippen molar-refractivity contribution < 1.29 is 4.42 Å². The minimum absolute atomic E-state index is 0.813. The second-order valence-corrected chi connectivity index (χ2v) is 10.4. The average Bonchev–Trinajstić information content (AvgIpc) is 3.46. The lowest BCUT2D eigenvalue weighted by Gasteiger charge is -2.26. The van der Waals surface area contributed by atoms with Crippen LogP contribution in [0.3, 0.4) is 0 Å². The van der Waals surface area contributed by atoms with Crippen LogP contribution in [0.15, 0.2) is 162 Å². The molecule has 0 spiro atoms. The zero-order valence-corrected chi connectivity index (χ0v) is 22.8. The maximum Gasteiger partial charge on any atom is 0.161 e. The number of hydrogen-bond acceptors (Lipinski definition) is 3. The Bertz CT molecular complexity index is 2170. The third-order valence-electron chi connectivity index (χ3n) is 7.92. The fraction of sp³-hybridized carbons (Fsp3) is 0. The molecular formula is C39H26N2O. The molecule has 0 saturated heterocycles. The Labute approximate surface area is 243 Å². The number of furan rings is 1. The van der Waals surface area contributed by atoms with E-state index in [4.69, 9.17) is 9.40 Å². The summed E-state index contributed by atoms with van der Waals surface area (Å²) in [7, 11) is 0. The quantitative estimate of drug-likeness (QED) is 0.218. The molecule has 198 valence electrons. The van der Waals surface area contributed by atoms with Crippen LogP contribution in [0.1, 0.15) is 0 Å². The predicted octanol–water partition coefficient (Wildman–Crippen LogP) is 10.9. The molecule has 2 aromatic heterocycles. The summed E-state index contributed by atoms with van der Waals surface area (Å²) < 4.78 is 6.44. The van der Waals surface area contributed by atoms with Gasteiger partial charge in [-0.05, 0) is 70.4 Å². The van der Waals surface area contributed by atoms with Crippen LogP contribution in [-0.4, -0.2) is 4.98 Å². The summed E-state index contributed by atoms with van der Waals surface area (Å²) in [6.07, 6.45) is 1.88. The van der Waals surface area contributed by atoms with Crippen molar-refractivity contribution in [2.24, 2.45) is 0 Å². The topological polar surface area (TPSA) is 29.3 Å².